The van der Waals surface area contributed by atoms with E-state index in [2.05, 4.69) is 64.4 Å². The molecule has 2 heterocycles. The highest BCUT2D eigenvalue weighted by Gasteiger charge is 2.10. The first-order valence-electron chi connectivity index (χ1n) is 6.66. The molecule has 0 aliphatic heterocycles. The largest absolute Gasteiger partial charge is 0.378 e. The summed E-state index contributed by atoms with van der Waals surface area (Å²) in [4.78, 5) is 6.95. The number of fused-ring (bicyclic) bond motifs is 1. The number of benzene rings is 1. The number of anilines is 1. The Hall–Kier alpha value is -1.46. The smallest absolute Gasteiger partial charge is 0.194 e. The van der Waals surface area contributed by atoms with Crippen molar-refractivity contribution in [1.82, 2.24) is 9.38 Å². The molecule has 2 aromatic heterocycles. The van der Waals surface area contributed by atoms with Gasteiger partial charge in [0.2, 0.25) is 0 Å². The molecule has 5 heteroatoms. The Morgan fingerprint density at radius 2 is 2.20 bits per heavy atom. The van der Waals surface area contributed by atoms with Gasteiger partial charge in [0.1, 0.15) is 0 Å². The fourth-order valence-electron chi connectivity index (χ4n) is 2.23. The SMILES string of the molecule is CCSc1ccccc1NCc1c(C)nc2sccn12. The van der Waals surface area contributed by atoms with E-state index in [0.717, 1.165) is 23.0 Å². The predicted molar refractivity (Wildman–Crippen MR) is 88.0 cm³/mol. The molecule has 0 saturated heterocycles. The molecule has 0 spiro atoms. The van der Waals surface area contributed by atoms with Gasteiger partial charge in [-0.1, -0.05) is 19.1 Å². The Labute approximate surface area is 127 Å². The third kappa shape index (κ3) is 2.55. The number of rotatable bonds is 5. The lowest BCUT2D eigenvalue weighted by molar-refractivity contribution is 0.989. The highest BCUT2D eigenvalue weighted by molar-refractivity contribution is 7.99. The van der Waals surface area contributed by atoms with Crippen LogP contribution in [0.4, 0.5) is 5.69 Å². The van der Waals surface area contributed by atoms with E-state index in [1.165, 1.54) is 16.3 Å². The third-order valence-electron chi connectivity index (χ3n) is 3.19. The summed E-state index contributed by atoms with van der Waals surface area (Å²) >= 11 is 3.54. The van der Waals surface area contributed by atoms with Crippen molar-refractivity contribution >= 4 is 33.7 Å². The molecule has 0 radical (unpaired) electrons. The zero-order valence-electron chi connectivity index (χ0n) is 11.6. The molecule has 0 amide bonds. The molecule has 3 nitrogen and oxygen atoms in total. The summed E-state index contributed by atoms with van der Waals surface area (Å²) in [5.74, 6) is 1.08. The first kappa shape index (κ1) is 13.5. The van der Waals surface area contributed by atoms with Crippen molar-refractivity contribution < 1.29 is 0 Å². The maximum Gasteiger partial charge on any atom is 0.194 e. The second-order valence-electron chi connectivity index (χ2n) is 4.48. The van der Waals surface area contributed by atoms with Crippen molar-refractivity contribution in [2.75, 3.05) is 11.1 Å². The predicted octanol–water partition coefficient (Wildman–Crippen LogP) is 4.43. The van der Waals surface area contributed by atoms with Crippen LogP contribution in [0, 0.1) is 6.92 Å². The Morgan fingerprint density at radius 1 is 1.35 bits per heavy atom. The van der Waals surface area contributed by atoms with Crippen LogP contribution in [-0.4, -0.2) is 15.1 Å². The van der Waals surface area contributed by atoms with E-state index in [9.17, 15) is 0 Å². The molecule has 20 heavy (non-hydrogen) atoms. The van der Waals surface area contributed by atoms with Gasteiger partial charge in [-0.25, -0.2) is 4.98 Å². The van der Waals surface area contributed by atoms with Gasteiger partial charge >= 0.3 is 0 Å². The number of nitrogens with one attached hydrogen (secondary N) is 1. The molecule has 0 bridgehead atoms. The molecule has 0 unspecified atom stereocenters. The quantitative estimate of drug-likeness (QED) is 0.707. The average Bonchev–Trinajstić information content (AvgIpc) is 2.99. The first-order valence-corrected chi connectivity index (χ1v) is 8.53. The number of aromatic nitrogens is 2. The molecule has 104 valence electrons. The van der Waals surface area contributed by atoms with E-state index < -0.39 is 0 Å². The van der Waals surface area contributed by atoms with E-state index in [1.54, 1.807) is 11.3 Å². The van der Waals surface area contributed by atoms with Crippen molar-refractivity contribution in [2.45, 2.75) is 25.3 Å². The number of thioether (sulfide) groups is 1. The molecule has 0 saturated carbocycles. The van der Waals surface area contributed by atoms with Crippen molar-refractivity contribution in [1.29, 1.82) is 0 Å². The number of imidazole rings is 1. The third-order valence-corrected chi connectivity index (χ3v) is 4.91. The lowest BCUT2D eigenvalue weighted by Gasteiger charge is -2.11. The van der Waals surface area contributed by atoms with E-state index in [1.807, 2.05) is 11.8 Å². The number of nitrogens with zero attached hydrogens (tertiary/aromatic N) is 2. The minimum absolute atomic E-state index is 0.797. The number of hydrogen-bond donors (Lipinski definition) is 1. The van der Waals surface area contributed by atoms with Crippen LogP contribution >= 0.6 is 23.1 Å². The van der Waals surface area contributed by atoms with E-state index in [0.29, 0.717) is 0 Å². The normalized spacial score (nSPS) is 11.1. The van der Waals surface area contributed by atoms with Crippen LogP contribution in [0.25, 0.3) is 4.96 Å². The molecular formula is C15H17N3S2. The van der Waals surface area contributed by atoms with Crippen molar-refractivity contribution in [2.24, 2.45) is 0 Å². The summed E-state index contributed by atoms with van der Waals surface area (Å²) in [6, 6.07) is 8.47. The standard InChI is InChI=1S/C15H17N3S2/c1-3-19-14-7-5-4-6-12(14)16-10-13-11(2)17-15-18(13)8-9-20-15/h4-9,16H,3,10H2,1-2H3. The lowest BCUT2D eigenvalue weighted by atomic mass is 10.3. The van der Waals surface area contributed by atoms with Gasteiger partial charge in [0, 0.05) is 22.2 Å². The number of thiazole rings is 1. The Bertz CT molecular complexity index is 715. The van der Waals surface area contributed by atoms with Gasteiger partial charge in [-0.2, -0.15) is 0 Å². The fraction of sp³-hybridized carbons (Fsp3) is 0.267. The molecule has 1 N–H and O–H groups in total. The van der Waals surface area contributed by atoms with Crippen molar-refractivity contribution in [3.05, 3.63) is 47.2 Å². The minimum atomic E-state index is 0.797. The van der Waals surface area contributed by atoms with Crippen LogP contribution in [-0.2, 0) is 6.54 Å². The number of hydrogen-bond acceptors (Lipinski definition) is 4. The fourth-order valence-corrected chi connectivity index (χ4v) is 3.79. The molecular weight excluding hydrogens is 286 g/mol. The van der Waals surface area contributed by atoms with Crippen LogP contribution in [0.5, 0.6) is 0 Å². The van der Waals surface area contributed by atoms with Gasteiger partial charge < -0.3 is 5.32 Å². The molecule has 0 aliphatic carbocycles. The Balaban J connectivity index is 1.83. The molecule has 1 aromatic carbocycles. The second kappa shape index (κ2) is 5.89. The molecule has 0 atom stereocenters. The van der Waals surface area contributed by atoms with Crippen LogP contribution in [0.3, 0.4) is 0 Å². The highest BCUT2D eigenvalue weighted by atomic mass is 32.2. The highest BCUT2D eigenvalue weighted by Crippen LogP contribution is 2.27. The monoisotopic (exact) mass is 303 g/mol. The van der Waals surface area contributed by atoms with E-state index >= 15 is 0 Å². The average molecular weight is 303 g/mol. The van der Waals surface area contributed by atoms with Gasteiger partial charge in [-0.15, -0.1) is 23.1 Å². The summed E-state index contributed by atoms with van der Waals surface area (Å²) < 4.78 is 2.17. The van der Waals surface area contributed by atoms with E-state index in [4.69, 9.17) is 0 Å². The molecule has 0 fully saturated rings. The summed E-state index contributed by atoms with van der Waals surface area (Å²) in [5, 5.41) is 5.62. The van der Waals surface area contributed by atoms with Crippen LogP contribution < -0.4 is 5.32 Å². The summed E-state index contributed by atoms with van der Waals surface area (Å²) in [6.45, 7) is 5.05. The van der Waals surface area contributed by atoms with Gasteiger partial charge in [-0.3, -0.25) is 4.40 Å². The van der Waals surface area contributed by atoms with Crippen LogP contribution in [0.15, 0.2) is 40.7 Å². The van der Waals surface area contributed by atoms with Gasteiger partial charge in [0.15, 0.2) is 4.96 Å². The van der Waals surface area contributed by atoms with Crippen LogP contribution in [0.1, 0.15) is 18.3 Å². The van der Waals surface area contributed by atoms with Gasteiger partial charge in [0.05, 0.1) is 17.9 Å². The molecule has 0 aliphatic rings. The zero-order valence-corrected chi connectivity index (χ0v) is 13.2. The summed E-state index contributed by atoms with van der Waals surface area (Å²) in [7, 11) is 0. The maximum atomic E-state index is 4.58. The molecule has 3 aromatic rings. The first-order chi connectivity index (χ1) is 9.79. The second-order valence-corrected chi connectivity index (χ2v) is 6.66. The number of para-hydroxylation sites is 1. The number of aryl methyl sites for hydroxylation is 1. The van der Waals surface area contributed by atoms with Gasteiger partial charge in [0.25, 0.3) is 0 Å². The van der Waals surface area contributed by atoms with Gasteiger partial charge in [-0.05, 0) is 24.8 Å². The van der Waals surface area contributed by atoms with Crippen molar-refractivity contribution in [3.63, 3.8) is 0 Å². The minimum Gasteiger partial charge on any atom is -0.378 e. The lowest BCUT2D eigenvalue weighted by Crippen LogP contribution is -2.04. The Kier molecular flexibility index (Phi) is 3.98. The molecule has 3 rings (SSSR count). The van der Waals surface area contributed by atoms with E-state index in [-0.39, 0.29) is 0 Å². The maximum absolute atomic E-state index is 4.58. The Morgan fingerprint density at radius 3 is 3.05 bits per heavy atom. The van der Waals surface area contributed by atoms with Crippen LogP contribution in [0.2, 0.25) is 0 Å². The topological polar surface area (TPSA) is 29.3 Å². The summed E-state index contributed by atoms with van der Waals surface area (Å²) in [5.41, 5.74) is 3.53. The van der Waals surface area contributed by atoms with Crippen molar-refractivity contribution in [3.8, 4) is 0 Å². The zero-order chi connectivity index (χ0) is 13.9. The summed E-state index contributed by atoms with van der Waals surface area (Å²) in [6.07, 6.45) is 2.09.